The fourth-order valence-corrected chi connectivity index (χ4v) is 1.03. The third kappa shape index (κ3) is 3.95. The van der Waals surface area contributed by atoms with Gasteiger partial charge in [-0.05, 0) is 18.9 Å². The summed E-state index contributed by atoms with van der Waals surface area (Å²) >= 11 is 5.68. The Morgan fingerprint density at radius 3 is 3.08 bits per heavy atom. The number of aromatic nitrogens is 1. The van der Waals surface area contributed by atoms with E-state index in [-0.39, 0.29) is 0 Å². The average molecular weight is 198 g/mol. The molecule has 0 atom stereocenters. The summed E-state index contributed by atoms with van der Waals surface area (Å²) in [4.78, 5) is 3.99. The third-order valence-electron chi connectivity index (χ3n) is 1.49. The number of hydrogen-bond acceptors (Lipinski definition) is 2. The molecule has 0 radical (unpaired) electrons. The zero-order chi connectivity index (χ0) is 9.52. The molecule has 0 aliphatic heterocycles. The van der Waals surface area contributed by atoms with Crippen LogP contribution in [0.5, 0.6) is 5.88 Å². The molecule has 70 valence electrons. The van der Waals surface area contributed by atoms with Gasteiger partial charge in [-0.1, -0.05) is 23.7 Å². The Kier molecular flexibility index (Phi) is 4.33. The number of allylic oxidation sites excluding steroid dienone is 1. The Morgan fingerprint density at radius 2 is 2.38 bits per heavy atom. The molecule has 0 aliphatic rings. The van der Waals surface area contributed by atoms with Crippen molar-refractivity contribution in [2.45, 2.75) is 12.8 Å². The van der Waals surface area contributed by atoms with Crippen molar-refractivity contribution >= 4 is 11.6 Å². The van der Waals surface area contributed by atoms with E-state index in [1.807, 2.05) is 12.1 Å². The second-order valence-electron chi connectivity index (χ2n) is 2.58. The van der Waals surface area contributed by atoms with Crippen LogP contribution in [0.1, 0.15) is 12.8 Å². The molecule has 3 heteroatoms. The van der Waals surface area contributed by atoms with E-state index in [4.69, 9.17) is 16.3 Å². The van der Waals surface area contributed by atoms with E-state index < -0.39 is 0 Å². The molecule has 1 aromatic heterocycles. The quantitative estimate of drug-likeness (QED) is 0.411. The van der Waals surface area contributed by atoms with Crippen LogP contribution in [0.2, 0.25) is 5.15 Å². The standard InChI is InChI=1S/C10H12ClNO/c1-2-3-4-8-13-10-7-5-6-9(11)12-10/h2,5-7H,1,3-4,8H2. The van der Waals surface area contributed by atoms with Gasteiger partial charge in [0.15, 0.2) is 0 Å². The van der Waals surface area contributed by atoms with Crippen LogP contribution in [0.4, 0.5) is 0 Å². The summed E-state index contributed by atoms with van der Waals surface area (Å²) in [6, 6.07) is 5.33. The van der Waals surface area contributed by atoms with E-state index in [2.05, 4.69) is 11.6 Å². The van der Waals surface area contributed by atoms with Gasteiger partial charge in [-0.15, -0.1) is 6.58 Å². The fraction of sp³-hybridized carbons (Fsp3) is 0.300. The Hall–Kier alpha value is -1.02. The molecule has 1 aromatic rings. The van der Waals surface area contributed by atoms with E-state index in [9.17, 15) is 0 Å². The predicted octanol–water partition coefficient (Wildman–Crippen LogP) is 3.08. The number of nitrogens with zero attached hydrogens (tertiary/aromatic N) is 1. The SMILES string of the molecule is C=CCCCOc1cccc(Cl)n1. The van der Waals surface area contributed by atoms with Crippen molar-refractivity contribution < 1.29 is 4.74 Å². The van der Waals surface area contributed by atoms with E-state index in [0.29, 0.717) is 17.6 Å². The van der Waals surface area contributed by atoms with Crippen molar-refractivity contribution in [2.75, 3.05) is 6.61 Å². The molecule has 0 aromatic carbocycles. The van der Waals surface area contributed by atoms with Gasteiger partial charge in [0.2, 0.25) is 5.88 Å². The molecule has 0 unspecified atom stereocenters. The van der Waals surface area contributed by atoms with Crippen LogP contribution in [0, 0.1) is 0 Å². The lowest BCUT2D eigenvalue weighted by Crippen LogP contribution is -1.98. The van der Waals surface area contributed by atoms with Gasteiger partial charge >= 0.3 is 0 Å². The monoisotopic (exact) mass is 197 g/mol. The van der Waals surface area contributed by atoms with Crippen molar-refractivity contribution in [3.63, 3.8) is 0 Å². The van der Waals surface area contributed by atoms with E-state index in [1.54, 1.807) is 12.1 Å². The molecule has 0 spiro atoms. The van der Waals surface area contributed by atoms with Gasteiger partial charge in [-0.25, -0.2) is 4.98 Å². The first kappa shape index (κ1) is 10.1. The first-order valence-corrected chi connectivity index (χ1v) is 4.57. The minimum atomic E-state index is 0.459. The van der Waals surface area contributed by atoms with Gasteiger partial charge < -0.3 is 4.74 Å². The van der Waals surface area contributed by atoms with Crippen molar-refractivity contribution in [1.29, 1.82) is 0 Å². The van der Waals surface area contributed by atoms with Gasteiger partial charge in [0.05, 0.1) is 6.61 Å². The van der Waals surface area contributed by atoms with Crippen LogP contribution in [-0.4, -0.2) is 11.6 Å². The molecule has 0 fully saturated rings. The minimum Gasteiger partial charge on any atom is -0.478 e. The molecule has 2 nitrogen and oxygen atoms in total. The first-order valence-electron chi connectivity index (χ1n) is 4.19. The number of ether oxygens (including phenoxy) is 1. The number of hydrogen-bond donors (Lipinski definition) is 0. The molecular weight excluding hydrogens is 186 g/mol. The van der Waals surface area contributed by atoms with E-state index in [0.717, 1.165) is 12.8 Å². The molecule has 0 amide bonds. The van der Waals surface area contributed by atoms with Crippen molar-refractivity contribution in [3.05, 3.63) is 36.0 Å². The Bertz CT molecular complexity index is 275. The smallest absolute Gasteiger partial charge is 0.214 e. The predicted molar refractivity (Wildman–Crippen MR) is 54.2 cm³/mol. The van der Waals surface area contributed by atoms with Crippen molar-refractivity contribution in [2.24, 2.45) is 0 Å². The Morgan fingerprint density at radius 1 is 1.54 bits per heavy atom. The van der Waals surface area contributed by atoms with Gasteiger partial charge in [0, 0.05) is 6.07 Å². The number of unbranched alkanes of at least 4 members (excludes halogenated alkanes) is 1. The summed E-state index contributed by atoms with van der Waals surface area (Å²) in [5, 5.41) is 0.459. The summed E-state index contributed by atoms with van der Waals surface area (Å²) in [6.07, 6.45) is 3.78. The summed E-state index contributed by atoms with van der Waals surface area (Å²) in [6.45, 7) is 4.28. The molecule has 1 heterocycles. The zero-order valence-corrected chi connectivity index (χ0v) is 8.13. The van der Waals surface area contributed by atoms with Gasteiger partial charge in [-0.3, -0.25) is 0 Å². The maximum atomic E-state index is 5.68. The average Bonchev–Trinajstić information content (AvgIpc) is 2.13. The van der Waals surface area contributed by atoms with Gasteiger partial charge in [0.25, 0.3) is 0 Å². The maximum absolute atomic E-state index is 5.68. The molecule has 0 saturated carbocycles. The minimum absolute atomic E-state index is 0.459. The van der Waals surface area contributed by atoms with Crippen LogP contribution >= 0.6 is 11.6 Å². The third-order valence-corrected chi connectivity index (χ3v) is 1.70. The van der Waals surface area contributed by atoms with Crippen LogP contribution < -0.4 is 4.74 Å². The van der Waals surface area contributed by atoms with Gasteiger partial charge in [0.1, 0.15) is 5.15 Å². The molecule has 0 N–H and O–H groups in total. The summed E-state index contributed by atoms with van der Waals surface area (Å²) in [5.74, 6) is 0.580. The number of pyridine rings is 1. The topological polar surface area (TPSA) is 22.1 Å². The lowest BCUT2D eigenvalue weighted by atomic mass is 10.3. The second kappa shape index (κ2) is 5.60. The number of halogens is 1. The second-order valence-corrected chi connectivity index (χ2v) is 2.97. The fourth-order valence-electron chi connectivity index (χ4n) is 0.874. The summed E-state index contributed by atoms with van der Waals surface area (Å²) in [5.41, 5.74) is 0. The van der Waals surface area contributed by atoms with Crippen LogP contribution in [-0.2, 0) is 0 Å². The Balaban J connectivity index is 2.32. The van der Waals surface area contributed by atoms with Crippen molar-refractivity contribution in [1.82, 2.24) is 4.98 Å². The Labute approximate surface area is 83.2 Å². The largest absolute Gasteiger partial charge is 0.478 e. The molecule has 0 aliphatic carbocycles. The zero-order valence-electron chi connectivity index (χ0n) is 7.37. The molecule has 1 rings (SSSR count). The summed E-state index contributed by atoms with van der Waals surface area (Å²) < 4.78 is 5.35. The molecular formula is C10H12ClNO. The number of rotatable bonds is 5. The van der Waals surface area contributed by atoms with Crippen LogP contribution in [0.25, 0.3) is 0 Å². The lowest BCUT2D eigenvalue weighted by molar-refractivity contribution is 0.300. The highest BCUT2D eigenvalue weighted by Crippen LogP contribution is 2.11. The highest BCUT2D eigenvalue weighted by molar-refractivity contribution is 6.29. The van der Waals surface area contributed by atoms with E-state index in [1.165, 1.54) is 0 Å². The van der Waals surface area contributed by atoms with Crippen LogP contribution in [0.3, 0.4) is 0 Å². The highest BCUT2D eigenvalue weighted by atomic mass is 35.5. The van der Waals surface area contributed by atoms with E-state index >= 15 is 0 Å². The maximum Gasteiger partial charge on any atom is 0.214 e. The molecule has 0 saturated heterocycles. The highest BCUT2D eigenvalue weighted by Gasteiger charge is 1.94. The van der Waals surface area contributed by atoms with Crippen LogP contribution in [0.15, 0.2) is 30.9 Å². The normalized spacial score (nSPS) is 9.62. The lowest BCUT2D eigenvalue weighted by Gasteiger charge is -2.03. The first-order chi connectivity index (χ1) is 6.33. The molecule has 0 bridgehead atoms. The van der Waals surface area contributed by atoms with Gasteiger partial charge in [-0.2, -0.15) is 0 Å². The molecule has 13 heavy (non-hydrogen) atoms. The summed E-state index contributed by atoms with van der Waals surface area (Å²) in [7, 11) is 0. The van der Waals surface area contributed by atoms with Crippen molar-refractivity contribution in [3.8, 4) is 5.88 Å².